The van der Waals surface area contributed by atoms with Gasteiger partial charge in [-0.15, -0.1) is 0 Å². The third-order valence-electron chi connectivity index (χ3n) is 5.26. The van der Waals surface area contributed by atoms with E-state index >= 15 is 0 Å². The molecule has 2 amide bonds. The third kappa shape index (κ3) is 6.33. The summed E-state index contributed by atoms with van der Waals surface area (Å²) in [6, 6.07) is 15.4. The number of benzene rings is 2. The van der Waals surface area contributed by atoms with Crippen molar-refractivity contribution in [3.63, 3.8) is 0 Å². The maximum atomic E-state index is 13.3. The number of carbonyl (C=O) groups excluding carboxylic acids is 3. The summed E-state index contributed by atoms with van der Waals surface area (Å²) in [6.07, 6.45) is 0.658. The van der Waals surface area contributed by atoms with Crippen LogP contribution in [-0.4, -0.2) is 48.4 Å². The van der Waals surface area contributed by atoms with Crippen LogP contribution in [0.25, 0.3) is 0 Å². The fourth-order valence-electron chi connectivity index (χ4n) is 3.44. The van der Waals surface area contributed by atoms with Crippen molar-refractivity contribution >= 4 is 17.8 Å². The number of amides is 2. The molecule has 0 radical (unpaired) electrons. The highest BCUT2D eigenvalue weighted by Crippen LogP contribution is 2.23. The van der Waals surface area contributed by atoms with E-state index in [1.807, 2.05) is 36.4 Å². The summed E-state index contributed by atoms with van der Waals surface area (Å²) >= 11 is 0. The van der Waals surface area contributed by atoms with Crippen molar-refractivity contribution in [2.45, 2.75) is 39.3 Å². The summed E-state index contributed by atoms with van der Waals surface area (Å²) in [5, 5.41) is 2.74. The largest absolute Gasteiger partial charge is 0.493 e. The average molecular weight is 439 g/mol. The van der Waals surface area contributed by atoms with Crippen LogP contribution in [0.15, 0.2) is 54.6 Å². The molecule has 1 N–H and O–H groups in total. The Kier molecular flexibility index (Phi) is 8.25. The normalized spacial score (nSPS) is 15.9. The number of carbonyl (C=O) groups is 3. The van der Waals surface area contributed by atoms with Crippen molar-refractivity contribution in [1.29, 1.82) is 0 Å². The molecule has 2 aromatic rings. The van der Waals surface area contributed by atoms with Crippen molar-refractivity contribution in [2.24, 2.45) is 5.92 Å². The van der Waals surface area contributed by atoms with Crippen molar-refractivity contribution in [1.82, 2.24) is 10.2 Å². The maximum absolute atomic E-state index is 13.3. The van der Waals surface area contributed by atoms with Crippen LogP contribution in [0.4, 0.5) is 0 Å². The first-order valence-corrected chi connectivity index (χ1v) is 11.0. The Hall–Kier alpha value is -3.35. The highest BCUT2D eigenvalue weighted by molar-refractivity contribution is 6.01. The minimum atomic E-state index is -0.928. The molecule has 2 aromatic carbocycles. The van der Waals surface area contributed by atoms with E-state index in [1.165, 1.54) is 4.90 Å². The van der Waals surface area contributed by atoms with Crippen molar-refractivity contribution < 1.29 is 23.9 Å². The molecular formula is C25H30N2O5. The van der Waals surface area contributed by atoms with Gasteiger partial charge in [-0.3, -0.25) is 14.4 Å². The smallest absolute Gasteiger partial charge is 0.308 e. The number of para-hydroxylation sites is 1. The first-order valence-electron chi connectivity index (χ1n) is 11.0. The van der Waals surface area contributed by atoms with Gasteiger partial charge >= 0.3 is 5.97 Å². The van der Waals surface area contributed by atoms with E-state index in [2.05, 4.69) is 19.2 Å². The Morgan fingerprint density at radius 1 is 1.09 bits per heavy atom. The van der Waals surface area contributed by atoms with Gasteiger partial charge in [-0.1, -0.05) is 56.3 Å². The highest BCUT2D eigenvalue weighted by Gasteiger charge is 2.36. The third-order valence-corrected chi connectivity index (χ3v) is 5.26. The van der Waals surface area contributed by atoms with Crippen LogP contribution in [0, 0.1) is 5.92 Å². The van der Waals surface area contributed by atoms with E-state index in [0.717, 1.165) is 12.0 Å². The van der Waals surface area contributed by atoms with E-state index < -0.39 is 12.0 Å². The van der Waals surface area contributed by atoms with Crippen LogP contribution in [0.3, 0.4) is 0 Å². The Morgan fingerprint density at radius 3 is 2.56 bits per heavy atom. The van der Waals surface area contributed by atoms with Gasteiger partial charge in [-0.25, -0.2) is 0 Å². The number of rotatable bonds is 9. The van der Waals surface area contributed by atoms with Gasteiger partial charge < -0.3 is 19.7 Å². The quantitative estimate of drug-likeness (QED) is 0.608. The van der Waals surface area contributed by atoms with Gasteiger partial charge in [0.15, 0.2) is 0 Å². The Labute approximate surface area is 188 Å². The van der Waals surface area contributed by atoms with Crippen LogP contribution in [0.5, 0.6) is 5.75 Å². The molecular weight excluding hydrogens is 408 g/mol. The predicted molar refractivity (Wildman–Crippen MR) is 120 cm³/mol. The number of nitrogens with one attached hydrogen (secondary N) is 1. The molecule has 0 bridgehead atoms. The number of ether oxygens (including phenoxy) is 2. The van der Waals surface area contributed by atoms with E-state index in [4.69, 9.17) is 9.47 Å². The molecule has 7 nitrogen and oxygen atoms in total. The number of esters is 1. The zero-order valence-electron chi connectivity index (χ0n) is 18.6. The summed E-state index contributed by atoms with van der Waals surface area (Å²) in [5.41, 5.74) is 1.24. The zero-order chi connectivity index (χ0) is 22.9. The van der Waals surface area contributed by atoms with E-state index in [1.54, 1.807) is 18.2 Å². The number of hydrogen-bond acceptors (Lipinski definition) is 5. The molecule has 170 valence electrons. The molecule has 1 saturated heterocycles. The molecule has 0 spiro atoms. The number of piperazine rings is 1. The minimum absolute atomic E-state index is 0.120. The summed E-state index contributed by atoms with van der Waals surface area (Å²) in [7, 11) is 0. The molecule has 1 fully saturated rings. The second-order valence-electron chi connectivity index (χ2n) is 8.18. The lowest BCUT2D eigenvalue weighted by Gasteiger charge is -2.34. The standard InChI is InChI=1S/C25H30N2O5/c1-18(2)12-15-31-22-11-7-6-10-20(22)25(30)27-14-13-26-24(29)21(27)16-23(28)32-17-19-8-4-3-5-9-19/h3-11,18,21H,12-17H2,1-2H3,(H,26,29). The number of hydrogen-bond donors (Lipinski definition) is 1. The van der Waals surface area contributed by atoms with Gasteiger partial charge in [0.25, 0.3) is 5.91 Å². The lowest BCUT2D eigenvalue weighted by atomic mass is 10.1. The van der Waals surface area contributed by atoms with Gasteiger partial charge in [0.2, 0.25) is 5.91 Å². The Morgan fingerprint density at radius 2 is 1.81 bits per heavy atom. The minimum Gasteiger partial charge on any atom is -0.493 e. The fraction of sp³-hybridized carbons (Fsp3) is 0.400. The molecule has 1 aliphatic rings. The van der Waals surface area contributed by atoms with Crippen LogP contribution in [0.2, 0.25) is 0 Å². The molecule has 1 atom stereocenters. The summed E-state index contributed by atoms with van der Waals surface area (Å²) in [6.45, 7) is 5.46. The van der Waals surface area contributed by atoms with Gasteiger partial charge in [-0.05, 0) is 30.0 Å². The summed E-state index contributed by atoms with van der Waals surface area (Å²) < 4.78 is 11.2. The summed E-state index contributed by atoms with van der Waals surface area (Å²) in [5.74, 6) is -0.264. The van der Waals surface area contributed by atoms with Gasteiger partial charge in [-0.2, -0.15) is 0 Å². The first-order chi connectivity index (χ1) is 15.5. The molecule has 7 heteroatoms. The lowest BCUT2D eigenvalue weighted by Crippen LogP contribution is -2.57. The van der Waals surface area contributed by atoms with Crippen LogP contribution in [0.1, 0.15) is 42.6 Å². The second-order valence-corrected chi connectivity index (χ2v) is 8.18. The van der Waals surface area contributed by atoms with Crippen LogP contribution < -0.4 is 10.1 Å². The monoisotopic (exact) mass is 438 g/mol. The zero-order valence-corrected chi connectivity index (χ0v) is 18.6. The second kappa shape index (κ2) is 11.3. The Bertz CT molecular complexity index is 929. The fourth-order valence-corrected chi connectivity index (χ4v) is 3.44. The molecule has 3 rings (SSSR count). The molecule has 0 aliphatic carbocycles. The van der Waals surface area contributed by atoms with E-state index in [0.29, 0.717) is 36.9 Å². The lowest BCUT2D eigenvalue weighted by molar-refractivity contribution is -0.148. The molecule has 32 heavy (non-hydrogen) atoms. The van der Waals surface area contributed by atoms with Crippen LogP contribution >= 0.6 is 0 Å². The predicted octanol–water partition coefficient (Wildman–Crippen LogP) is 3.19. The van der Waals surface area contributed by atoms with Crippen molar-refractivity contribution in [2.75, 3.05) is 19.7 Å². The van der Waals surface area contributed by atoms with Crippen LogP contribution in [-0.2, 0) is 20.9 Å². The molecule has 1 heterocycles. The van der Waals surface area contributed by atoms with Gasteiger partial charge in [0, 0.05) is 13.1 Å². The SMILES string of the molecule is CC(C)CCOc1ccccc1C(=O)N1CCNC(=O)C1CC(=O)OCc1ccccc1. The molecule has 0 saturated carbocycles. The summed E-state index contributed by atoms with van der Waals surface area (Å²) in [4.78, 5) is 39.8. The molecule has 1 aliphatic heterocycles. The Balaban J connectivity index is 1.69. The first kappa shape index (κ1) is 23.3. The van der Waals surface area contributed by atoms with Gasteiger partial charge in [0.05, 0.1) is 18.6 Å². The van der Waals surface area contributed by atoms with Crippen molar-refractivity contribution in [3.05, 3.63) is 65.7 Å². The topological polar surface area (TPSA) is 84.9 Å². The highest BCUT2D eigenvalue weighted by atomic mass is 16.5. The van der Waals surface area contributed by atoms with E-state index in [-0.39, 0.29) is 24.8 Å². The molecule has 1 unspecified atom stereocenters. The molecule has 0 aromatic heterocycles. The van der Waals surface area contributed by atoms with Crippen molar-refractivity contribution in [3.8, 4) is 5.75 Å². The van der Waals surface area contributed by atoms with Gasteiger partial charge in [0.1, 0.15) is 18.4 Å². The van der Waals surface area contributed by atoms with E-state index in [9.17, 15) is 14.4 Å². The number of nitrogens with zero attached hydrogens (tertiary/aromatic N) is 1. The maximum Gasteiger partial charge on any atom is 0.308 e. The average Bonchev–Trinajstić information content (AvgIpc) is 2.79.